The maximum Gasteiger partial charge on any atom is 0.115 e. The smallest absolute Gasteiger partial charge is 0.115 e. The van der Waals surface area contributed by atoms with Crippen molar-refractivity contribution in [3.05, 3.63) is 36.5 Å². The molecule has 0 aliphatic carbocycles. The Morgan fingerprint density at radius 1 is 1.05 bits per heavy atom. The van der Waals surface area contributed by atoms with Crippen molar-refractivity contribution in [2.75, 3.05) is 18.0 Å². The molecule has 1 aromatic heterocycles. The lowest BCUT2D eigenvalue weighted by atomic mass is 10.2. The Balaban J connectivity index is 2.21. The Labute approximate surface area is 116 Å². The van der Waals surface area contributed by atoms with Crippen LogP contribution in [-0.4, -0.2) is 18.1 Å². The van der Waals surface area contributed by atoms with Gasteiger partial charge >= 0.3 is 0 Å². The molecule has 0 amide bonds. The topological polar surface area (TPSA) is 16.1 Å². The zero-order chi connectivity index (χ0) is 13.5. The number of hydrogen-bond donors (Lipinski definition) is 0. The molecule has 0 saturated heterocycles. The molecule has 19 heavy (non-hydrogen) atoms. The highest BCUT2D eigenvalue weighted by Gasteiger charge is 2.07. The largest absolute Gasteiger partial charge is 0.370 e. The molecule has 2 rings (SSSR count). The Kier molecular flexibility index (Phi) is 5.20. The van der Waals surface area contributed by atoms with Gasteiger partial charge in [0.1, 0.15) is 6.20 Å². The summed E-state index contributed by atoms with van der Waals surface area (Å²) < 4.78 is 0. The van der Waals surface area contributed by atoms with Crippen LogP contribution < -0.4 is 4.90 Å². The monoisotopic (exact) mass is 255 g/mol. The van der Waals surface area contributed by atoms with E-state index >= 15 is 0 Å². The van der Waals surface area contributed by atoms with E-state index in [2.05, 4.69) is 48.1 Å². The molecule has 1 aromatic carbocycles. The maximum absolute atomic E-state index is 4.45. The molecule has 0 aliphatic heterocycles. The zero-order valence-electron chi connectivity index (χ0n) is 12.0. The lowest BCUT2D eigenvalue weighted by Gasteiger charge is -2.24. The SMILES string of the molecule is CCCCN(CCCC)c1[c]nc2ccccc2c1. The fourth-order valence-corrected chi connectivity index (χ4v) is 2.22. The van der Waals surface area contributed by atoms with E-state index in [0.29, 0.717) is 0 Å². The van der Waals surface area contributed by atoms with Crippen molar-refractivity contribution in [1.29, 1.82) is 0 Å². The summed E-state index contributed by atoms with van der Waals surface area (Å²) in [4.78, 5) is 6.87. The number of hydrogen-bond acceptors (Lipinski definition) is 2. The average Bonchev–Trinajstić information content (AvgIpc) is 2.47. The van der Waals surface area contributed by atoms with Crippen molar-refractivity contribution in [3.8, 4) is 0 Å². The van der Waals surface area contributed by atoms with Crippen molar-refractivity contribution < 1.29 is 0 Å². The van der Waals surface area contributed by atoms with E-state index in [9.17, 15) is 0 Å². The van der Waals surface area contributed by atoms with Gasteiger partial charge in [-0.15, -0.1) is 0 Å². The summed E-state index contributed by atoms with van der Waals surface area (Å²) in [5, 5.41) is 1.20. The molecule has 1 heterocycles. The van der Waals surface area contributed by atoms with Crippen molar-refractivity contribution in [2.24, 2.45) is 0 Å². The zero-order valence-corrected chi connectivity index (χ0v) is 12.0. The number of nitrogens with zero attached hydrogens (tertiary/aromatic N) is 2. The first-order valence-corrected chi connectivity index (χ1v) is 7.37. The highest BCUT2D eigenvalue weighted by Crippen LogP contribution is 2.20. The molecular formula is C17H23N2. The van der Waals surface area contributed by atoms with Gasteiger partial charge in [-0.2, -0.15) is 0 Å². The summed E-state index contributed by atoms with van der Waals surface area (Å²) in [6.07, 6.45) is 8.11. The van der Waals surface area contributed by atoms with Gasteiger partial charge in [0.2, 0.25) is 0 Å². The minimum absolute atomic E-state index is 1.03. The predicted molar refractivity (Wildman–Crippen MR) is 82.6 cm³/mol. The molecule has 0 aliphatic rings. The van der Waals surface area contributed by atoms with Crippen LogP contribution in [0.25, 0.3) is 10.9 Å². The molecule has 2 nitrogen and oxygen atoms in total. The molecule has 0 fully saturated rings. The quantitative estimate of drug-likeness (QED) is 0.727. The van der Waals surface area contributed by atoms with Crippen LogP contribution >= 0.6 is 0 Å². The number of benzene rings is 1. The first kappa shape index (κ1) is 13.9. The van der Waals surface area contributed by atoms with E-state index in [1.807, 2.05) is 12.1 Å². The molecule has 2 aromatic rings. The summed E-state index contributed by atoms with van der Waals surface area (Å²) in [6.45, 7) is 6.68. The Hall–Kier alpha value is -1.57. The third-order valence-corrected chi connectivity index (χ3v) is 3.42. The van der Waals surface area contributed by atoms with E-state index in [-0.39, 0.29) is 0 Å². The van der Waals surface area contributed by atoms with Gasteiger partial charge in [-0.05, 0) is 25.0 Å². The number of unbranched alkanes of at least 4 members (excludes halogenated alkanes) is 2. The Morgan fingerprint density at radius 3 is 2.42 bits per heavy atom. The van der Waals surface area contributed by atoms with Crippen LogP contribution in [0.1, 0.15) is 39.5 Å². The second kappa shape index (κ2) is 7.13. The van der Waals surface area contributed by atoms with Crippen molar-refractivity contribution in [1.82, 2.24) is 4.98 Å². The highest BCUT2D eigenvalue weighted by atomic mass is 15.1. The second-order valence-electron chi connectivity index (χ2n) is 5.01. The van der Waals surface area contributed by atoms with Gasteiger partial charge in [0.05, 0.1) is 11.2 Å². The molecule has 0 atom stereocenters. The summed E-state index contributed by atoms with van der Waals surface area (Å²) in [5.41, 5.74) is 2.16. The van der Waals surface area contributed by atoms with Gasteiger partial charge in [-0.25, -0.2) is 4.98 Å². The van der Waals surface area contributed by atoms with Crippen LogP contribution in [0.2, 0.25) is 0 Å². The lowest BCUT2D eigenvalue weighted by Crippen LogP contribution is -2.25. The van der Waals surface area contributed by atoms with Crippen LogP contribution in [0.15, 0.2) is 30.3 Å². The number of anilines is 1. The molecular weight excluding hydrogens is 232 g/mol. The minimum atomic E-state index is 1.03. The average molecular weight is 255 g/mol. The Bertz CT molecular complexity index is 499. The van der Waals surface area contributed by atoms with Crippen LogP contribution in [0, 0.1) is 6.20 Å². The van der Waals surface area contributed by atoms with Crippen molar-refractivity contribution >= 4 is 16.6 Å². The normalized spacial score (nSPS) is 10.8. The van der Waals surface area contributed by atoms with E-state index in [1.165, 1.54) is 31.1 Å². The van der Waals surface area contributed by atoms with Gasteiger partial charge in [0.25, 0.3) is 0 Å². The fourth-order valence-electron chi connectivity index (χ4n) is 2.22. The Morgan fingerprint density at radius 2 is 1.74 bits per heavy atom. The van der Waals surface area contributed by atoms with Gasteiger partial charge in [0.15, 0.2) is 0 Å². The maximum atomic E-state index is 4.45. The molecule has 0 N–H and O–H groups in total. The first-order chi connectivity index (χ1) is 9.35. The third-order valence-electron chi connectivity index (χ3n) is 3.42. The van der Waals surface area contributed by atoms with Gasteiger partial charge in [-0.3, -0.25) is 0 Å². The predicted octanol–water partition coefficient (Wildman–Crippen LogP) is 4.44. The summed E-state index contributed by atoms with van der Waals surface area (Å²) in [6, 6.07) is 10.5. The number of para-hydroxylation sites is 1. The molecule has 0 saturated carbocycles. The summed E-state index contributed by atoms with van der Waals surface area (Å²) >= 11 is 0. The number of rotatable bonds is 7. The van der Waals surface area contributed by atoms with Crippen molar-refractivity contribution in [2.45, 2.75) is 39.5 Å². The van der Waals surface area contributed by atoms with E-state index in [4.69, 9.17) is 0 Å². The van der Waals surface area contributed by atoms with Crippen molar-refractivity contribution in [3.63, 3.8) is 0 Å². The number of aromatic nitrogens is 1. The first-order valence-electron chi connectivity index (χ1n) is 7.37. The van der Waals surface area contributed by atoms with Gasteiger partial charge in [-0.1, -0.05) is 44.9 Å². The van der Waals surface area contributed by atoms with Crippen LogP contribution in [0.3, 0.4) is 0 Å². The van der Waals surface area contributed by atoms with E-state index in [0.717, 1.165) is 24.3 Å². The summed E-state index contributed by atoms with van der Waals surface area (Å²) in [5.74, 6) is 0. The molecule has 2 heteroatoms. The van der Waals surface area contributed by atoms with Crippen LogP contribution in [0.5, 0.6) is 0 Å². The van der Waals surface area contributed by atoms with Gasteiger partial charge < -0.3 is 4.90 Å². The van der Waals surface area contributed by atoms with Crippen LogP contribution in [0.4, 0.5) is 5.69 Å². The fraction of sp³-hybridized carbons (Fsp3) is 0.471. The van der Waals surface area contributed by atoms with E-state index in [1.54, 1.807) is 0 Å². The third kappa shape index (κ3) is 3.69. The number of fused-ring (bicyclic) bond motifs is 1. The number of pyridine rings is 1. The molecule has 1 radical (unpaired) electrons. The standard InChI is InChI=1S/C17H23N2/c1-3-5-11-19(12-6-4-2)16-13-15-9-7-8-10-17(15)18-14-16/h7-10,13H,3-6,11-12H2,1-2H3. The second-order valence-corrected chi connectivity index (χ2v) is 5.01. The van der Waals surface area contributed by atoms with Crippen LogP contribution in [-0.2, 0) is 0 Å². The highest BCUT2D eigenvalue weighted by molar-refractivity contribution is 5.81. The molecule has 0 unspecified atom stereocenters. The molecule has 101 valence electrons. The molecule has 0 bridgehead atoms. The summed E-state index contributed by atoms with van der Waals surface area (Å²) in [7, 11) is 0. The minimum Gasteiger partial charge on any atom is -0.370 e. The van der Waals surface area contributed by atoms with Gasteiger partial charge in [0, 0.05) is 18.5 Å². The lowest BCUT2D eigenvalue weighted by molar-refractivity contribution is 0.677. The van der Waals surface area contributed by atoms with E-state index < -0.39 is 0 Å². The molecule has 0 spiro atoms.